The summed E-state index contributed by atoms with van der Waals surface area (Å²) in [5.74, 6) is 0.924. The number of thioether (sulfide) groups is 1. The lowest BCUT2D eigenvalue weighted by Crippen LogP contribution is -2.38. The number of carbonyl (C=O) groups is 1. The Morgan fingerprint density at radius 1 is 1.03 bits per heavy atom. The lowest BCUT2D eigenvalue weighted by Gasteiger charge is -2.27. The SMILES string of the molecule is O=C(NC(Cc1ccccc1)c1nnc(SCc2ccc(F)cc2)n1-c1ccc(Cl)cc1Cl)C1CCC1. The third kappa shape index (κ3) is 6.17. The van der Waals surface area contributed by atoms with Gasteiger partial charge in [-0.15, -0.1) is 10.2 Å². The molecule has 1 atom stereocenters. The first-order chi connectivity index (χ1) is 18.0. The van der Waals surface area contributed by atoms with Crippen LogP contribution in [0.25, 0.3) is 5.69 Å². The molecule has 0 aliphatic heterocycles. The Morgan fingerprint density at radius 3 is 2.46 bits per heavy atom. The number of aromatic nitrogens is 3. The first kappa shape index (κ1) is 25.8. The zero-order valence-corrected chi connectivity index (χ0v) is 22.2. The number of carbonyl (C=O) groups excluding carboxylic acids is 1. The van der Waals surface area contributed by atoms with E-state index in [1.807, 2.05) is 41.0 Å². The van der Waals surface area contributed by atoms with Crippen LogP contribution in [-0.2, 0) is 17.0 Å². The second-order valence-electron chi connectivity index (χ2n) is 9.07. The highest BCUT2D eigenvalue weighted by atomic mass is 35.5. The van der Waals surface area contributed by atoms with Gasteiger partial charge < -0.3 is 5.32 Å². The summed E-state index contributed by atoms with van der Waals surface area (Å²) >= 11 is 14.3. The lowest BCUT2D eigenvalue weighted by atomic mass is 9.84. The van der Waals surface area contributed by atoms with E-state index in [0.717, 1.165) is 30.4 Å². The van der Waals surface area contributed by atoms with Gasteiger partial charge >= 0.3 is 0 Å². The fourth-order valence-corrected chi connectivity index (χ4v) is 5.64. The standard InChI is InChI=1S/C28H25Cl2FN4OS/c29-21-11-14-25(23(30)16-21)35-26(33-34-28(35)37-17-19-9-12-22(31)13-10-19)24(15-18-5-2-1-3-6-18)32-27(36)20-7-4-8-20/h1-3,5-6,9-14,16,20,24H,4,7-8,15,17H2,(H,32,36). The van der Waals surface area contributed by atoms with E-state index in [0.29, 0.717) is 38.9 Å². The van der Waals surface area contributed by atoms with Crippen molar-refractivity contribution in [2.24, 2.45) is 5.92 Å². The summed E-state index contributed by atoms with van der Waals surface area (Å²) in [6.07, 6.45) is 3.42. The third-order valence-electron chi connectivity index (χ3n) is 6.48. The Hall–Kier alpha value is -2.87. The van der Waals surface area contributed by atoms with Crippen LogP contribution >= 0.6 is 35.0 Å². The van der Waals surface area contributed by atoms with Gasteiger partial charge in [0.05, 0.1) is 16.8 Å². The van der Waals surface area contributed by atoms with Crippen LogP contribution < -0.4 is 5.32 Å². The topological polar surface area (TPSA) is 59.8 Å². The van der Waals surface area contributed by atoms with Crippen LogP contribution in [-0.4, -0.2) is 20.7 Å². The third-order valence-corrected chi connectivity index (χ3v) is 8.01. The van der Waals surface area contributed by atoms with Gasteiger partial charge in [0.1, 0.15) is 5.82 Å². The molecule has 4 aromatic rings. The van der Waals surface area contributed by atoms with Crippen molar-refractivity contribution in [2.45, 2.75) is 42.6 Å². The van der Waals surface area contributed by atoms with E-state index in [1.165, 1.54) is 23.9 Å². The molecular formula is C28H25Cl2FN4OS. The van der Waals surface area contributed by atoms with Crippen molar-refractivity contribution >= 4 is 40.9 Å². The van der Waals surface area contributed by atoms with Gasteiger partial charge in [0, 0.05) is 16.7 Å². The molecule has 190 valence electrons. The molecule has 5 nitrogen and oxygen atoms in total. The predicted molar refractivity (Wildman–Crippen MR) is 146 cm³/mol. The van der Waals surface area contributed by atoms with Gasteiger partial charge in [0.25, 0.3) is 0 Å². The molecule has 5 rings (SSSR count). The minimum Gasteiger partial charge on any atom is -0.345 e. The maximum atomic E-state index is 13.4. The van der Waals surface area contributed by atoms with E-state index >= 15 is 0 Å². The first-order valence-electron chi connectivity index (χ1n) is 12.1. The summed E-state index contributed by atoms with van der Waals surface area (Å²) in [5.41, 5.74) is 2.69. The van der Waals surface area contributed by atoms with Crippen molar-refractivity contribution in [3.8, 4) is 5.69 Å². The molecule has 1 saturated carbocycles. The summed E-state index contributed by atoms with van der Waals surface area (Å²) in [5, 5.41) is 13.9. The highest BCUT2D eigenvalue weighted by Gasteiger charge is 2.30. The van der Waals surface area contributed by atoms with Gasteiger partial charge in [-0.05, 0) is 60.7 Å². The highest BCUT2D eigenvalue weighted by Crippen LogP contribution is 2.34. The van der Waals surface area contributed by atoms with Crippen LogP contribution in [0.3, 0.4) is 0 Å². The van der Waals surface area contributed by atoms with Crippen molar-refractivity contribution in [1.29, 1.82) is 0 Å². The normalized spacial score (nSPS) is 14.2. The molecule has 0 spiro atoms. The molecule has 0 bridgehead atoms. The van der Waals surface area contributed by atoms with Crippen molar-refractivity contribution < 1.29 is 9.18 Å². The molecule has 1 unspecified atom stereocenters. The molecule has 0 radical (unpaired) electrons. The van der Waals surface area contributed by atoms with E-state index in [-0.39, 0.29) is 17.6 Å². The number of nitrogens with one attached hydrogen (secondary N) is 1. The first-order valence-corrected chi connectivity index (χ1v) is 13.8. The van der Waals surface area contributed by atoms with E-state index < -0.39 is 6.04 Å². The monoisotopic (exact) mass is 554 g/mol. The molecule has 37 heavy (non-hydrogen) atoms. The second-order valence-corrected chi connectivity index (χ2v) is 10.9. The molecule has 1 amide bonds. The summed E-state index contributed by atoms with van der Waals surface area (Å²) in [6, 6.07) is 21.2. The van der Waals surface area contributed by atoms with E-state index in [1.54, 1.807) is 24.3 Å². The lowest BCUT2D eigenvalue weighted by molar-refractivity contribution is -0.128. The second kappa shape index (κ2) is 11.7. The molecular weight excluding hydrogens is 530 g/mol. The molecule has 1 aromatic heterocycles. The van der Waals surface area contributed by atoms with Crippen molar-refractivity contribution in [2.75, 3.05) is 0 Å². The fourth-order valence-electron chi connectivity index (χ4n) is 4.23. The van der Waals surface area contributed by atoms with Crippen LogP contribution in [0.2, 0.25) is 10.0 Å². The predicted octanol–water partition coefficient (Wildman–Crippen LogP) is 7.21. The smallest absolute Gasteiger partial charge is 0.223 e. The van der Waals surface area contributed by atoms with Crippen LogP contribution in [0.5, 0.6) is 0 Å². The molecule has 1 N–H and O–H groups in total. The maximum Gasteiger partial charge on any atom is 0.223 e. The largest absolute Gasteiger partial charge is 0.345 e. The van der Waals surface area contributed by atoms with Gasteiger partial charge in [-0.2, -0.15) is 0 Å². The summed E-state index contributed by atoms with van der Waals surface area (Å²) in [7, 11) is 0. The van der Waals surface area contributed by atoms with Crippen molar-refractivity contribution in [3.63, 3.8) is 0 Å². The quantitative estimate of drug-likeness (QED) is 0.222. The van der Waals surface area contributed by atoms with Gasteiger partial charge in [0.2, 0.25) is 5.91 Å². The molecule has 1 heterocycles. The molecule has 1 aliphatic rings. The molecule has 1 fully saturated rings. The van der Waals surface area contributed by atoms with Crippen molar-refractivity contribution in [3.05, 3.63) is 106 Å². The summed E-state index contributed by atoms with van der Waals surface area (Å²) < 4.78 is 15.3. The molecule has 3 aromatic carbocycles. The minimum atomic E-state index is -0.421. The number of benzene rings is 3. The maximum absolute atomic E-state index is 13.4. The summed E-state index contributed by atoms with van der Waals surface area (Å²) in [6.45, 7) is 0. The van der Waals surface area contributed by atoms with E-state index in [2.05, 4.69) is 15.5 Å². The Morgan fingerprint density at radius 2 is 1.78 bits per heavy atom. The Bertz CT molecular complexity index is 1380. The average Bonchev–Trinajstić information content (AvgIpc) is 3.26. The van der Waals surface area contributed by atoms with Crippen LogP contribution in [0.4, 0.5) is 4.39 Å². The van der Waals surface area contributed by atoms with Gasteiger partial charge in [0.15, 0.2) is 11.0 Å². The number of amides is 1. The zero-order chi connectivity index (χ0) is 25.8. The number of hydrogen-bond donors (Lipinski definition) is 1. The molecule has 0 saturated heterocycles. The van der Waals surface area contributed by atoms with Crippen LogP contribution in [0, 0.1) is 11.7 Å². The van der Waals surface area contributed by atoms with Crippen molar-refractivity contribution in [1.82, 2.24) is 20.1 Å². The van der Waals surface area contributed by atoms with Crippen LogP contribution in [0.1, 0.15) is 42.3 Å². The number of hydrogen-bond acceptors (Lipinski definition) is 4. The average molecular weight is 556 g/mol. The van der Waals surface area contributed by atoms with Gasteiger partial charge in [-0.25, -0.2) is 4.39 Å². The van der Waals surface area contributed by atoms with E-state index in [4.69, 9.17) is 23.2 Å². The highest BCUT2D eigenvalue weighted by molar-refractivity contribution is 7.98. The van der Waals surface area contributed by atoms with Gasteiger partial charge in [-0.3, -0.25) is 9.36 Å². The Labute approximate surface area is 229 Å². The number of rotatable bonds is 9. The number of nitrogens with zero attached hydrogens (tertiary/aromatic N) is 3. The zero-order valence-electron chi connectivity index (χ0n) is 19.9. The molecule has 9 heteroatoms. The summed E-state index contributed by atoms with van der Waals surface area (Å²) in [4.78, 5) is 13.1. The van der Waals surface area contributed by atoms with Crippen LogP contribution in [0.15, 0.2) is 78.0 Å². The Balaban J connectivity index is 1.53. The molecule has 1 aliphatic carbocycles. The van der Waals surface area contributed by atoms with Gasteiger partial charge in [-0.1, -0.05) is 83.8 Å². The van der Waals surface area contributed by atoms with E-state index in [9.17, 15) is 9.18 Å². The fraction of sp³-hybridized carbons (Fsp3) is 0.250. The number of halogens is 3. The minimum absolute atomic E-state index is 0.0288. The Kier molecular flexibility index (Phi) is 8.13.